The van der Waals surface area contributed by atoms with E-state index in [0.29, 0.717) is 22.0 Å². The third-order valence-corrected chi connectivity index (χ3v) is 5.05. The normalized spacial score (nSPS) is 18.1. The van der Waals surface area contributed by atoms with Gasteiger partial charge in [-0.2, -0.15) is 0 Å². The second-order valence-electron chi connectivity index (χ2n) is 6.60. The number of anilines is 1. The van der Waals surface area contributed by atoms with Crippen LogP contribution in [0.4, 0.5) is 5.69 Å². The minimum atomic E-state index is -0.680. The summed E-state index contributed by atoms with van der Waals surface area (Å²) in [5, 5.41) is 0.544. The van der Waals surface area contributed by atoms with Gasteiger partial charge in [-0.15, -0.1) is 0 Å². The Morgan fingerprint density at radius 2 is 1.69 bits per heavy atom. The maximum atomic E-state index is 13.0. The number of nitrogens with zero attached hydrogens (tertiary/aromatic N) is 1. The molecule has 1 aliphatic rings. The maximum Gasteiger partial charge on any atom is 0.337 e. The minimum absolute atomic E-state index is 0.154. The maximum absolute atomic E-state index is 13.0. The van der Waals surface area contributed by atoms with Crippen molar-refractivity contribution >= 4 is 29.2 Å². The van der Waals surface area contributed by atoms with Gasteiger partial charge in [-0.1, -0.05) is 48.0 Å². The molecule has 1 saturated heterocycles. The second kappa shape index (κ2) is 7.97. The lowest BCUT2D eigenvalue weighted by molar-refractivity contribution is -0.135. The van der Waals surface area contributed by atoms with E-state index in [1.165, 1.54) is 7.11 Å². The Morgan fingerprint density at radius 3 is 2.34 bits per heavy atom. The van der Waals surface area contributed by atoms with Crippen LogP contribution >= 0.6 is 11.6 Å². The summed E-state index contributed by atoms with van der Waals surface area (Å²) in [6.07, 6.45) is -0.680. The fourth-order valence-electron chi connectivity index (χ4n) is 3.39. The van der Waals surface area contributed by atoms with Crippen LogP contribution in [0.15, 0.2) is 78.9 Å². The quantitative estimate of drug-likeness (QED) is 0.456. The third-order valence-electron chi connectivity index (χ3n) is 4.81. The highest BCUT2D eigenvalue weighted by Gasteiger charge is 2.51. The first-order valence-electron chi connectivity index (χ1n) is 9.07. The van der Waals surface area contributed by atoms with E-state index < -0.39 is 12.1 Å². The number of rotatable bonds is 5. The number of amides is 1. The Hall–Kier alpha value is -3.31. The van der Waals surface area contributed by atoms with E-state index in [1.54, 1.807) is 35.2 Å². The van der Waals surface area contributed by atoms with Crippen LogP contribution in [0.3, 0.4) is 0 Å². The van der Waals surface area contributed by atoms with Gasteiger partial charge in [-0.3, -0.25) is 9.69 Å². The fraction of sp³-hybridized carbons (Fsp3) is 0.130. The zero-order valence-corrected chi connectivity index (χ0v) is 16.4. The van der Waals surface area contributed by atoms with E-state index in [-0.39, 0.29) is 11.9 Å². The summed E-state index contributed by atoms with van der Waals surface area (Å²) in [6, 6.07) is 23.0. The largest absolute Gasteiger partial charge is 0.478 e. The SMILES string of the molecule is COC(=O)c1ccc([C@H]2[C@H](Oc3ccccc3)C(=O)N2c2cccc(Cl)c2)cc1. The van der Waals surface area contributed by atoms with E-state index in [0.717, 1.165) is 5.56 Å². The van der Waals surface area contributed by atoms with E-state index in [4.69, 9.17) is 21.1 Å². The minimum Gasteiger partial charge on any atom is -0.478 e. The van der Waals surface area contributed by atoms with Crippen molar-refractivity contribution in [2.24, 2.45) is 0 Å². The highest BCUT2D eigenvalue weighted by molar-refractivity contribution is 6.31. The summed E-state index contributed by atoms with van der Waals surface area (Å²) in [6.45, 7) is 0. The van der Waals surface area contributed by atoms with Crippen LogP contribution in [0.2, 0.25) is 5.02 Å². The first kappa shape index (κ1) is 19.0. The van der Waals surface area contributed by atoms with Crippen molar-refractivity contribution in [3.8, 4) is 5.75 Å². The zero-order valence-electron chi connectivity index (χ0n) is 15.6. The highest BCUT2D eigenvalue weighted by Crippen LogP contribution is 2.41. The van der Waals surface area contributed by atoms with E-state index in [9.17, 15) is 9.59 Å². The number of carbonyl (C=O) groups excluding carboxylic acids is 2. The smallest absolute Gasteiger partial charge is 0.337 e. The molecule has 5 nitrogen and oxygen atoms in total. The van der Waals surface area contributed by atoms with Gasteiger partial charge in [0.25, 0.3) is 5.91 Å². The molecule has 0 bridgehead atoms. The molecular formula is C23H18ClNO4. The Labute approximate surface area is 173 Å². The average Bonchev–Trinajstić information content (AvgIpc) is 2.76. The van der Waals surface area contributed by atoms with Gasteiger partial charge in [-0.05, 0) is 48.0 Å². The number of hydrogen-bond donors (Lipinski definition) is 0. The number of methoxy groups -OCH3 is 1. The number of esters is 1. The predicted molar refractivity (Wildman–Crippen MR) is 110 cm³/mol. The third kappa shape index (κ3) is 3.69. The van der Waals surface area contributed by atoms with Gasteiger partial charge >= 0.3 is 5.97 Å². The lowest BCUT2D eigenvalue weighted by Crippen LogP contribution is -2.61. The molecule has 6 heteroatoms. The van der Waals surface area contributed by atoms with E-state index in [1.807, 2.05) is 48.5 Å². The molecule has 2 atom stereocenters. The molecule has 0 unspecified atom stereocenters. The standard InChI is InChI=1S/C23H18ClNO4/c1-28-23(27)16-12-10-15(11-13-16)20-21(29-19-8-3-2-4-9-19)22(26)25(20)18-7-5-6-17(24)14-18/h2-14,20-21H,1H3/t20-,21-/m0/s1. The fourth-order valence-corrected chi connectivity index (χ4v) is 3.58. The Morgan fingerprint density at radius 1 is 0.966 bits per heavy atom. The van der Waals surface area contributed by atoms with Gasteiger partial charge in [0, 0.05) is 10.7 Å². The van der Waals surface area contributed by atoms with Gasteiger partial charge in [0.1, 0.15) is 11.8 Å². The van der Waals surface area contributed by atoms with E-state index >= 15 is 0 Å². The Bertz CT molecular complexity index is 1040. The van der Waals surface area contributed by atoms with Crippen LogP contribution < -0.4 is 9.64 Å². The number of benzene rings is 3. The molecule has 3 aromatic carbocycles. The van der Waals surface area contributed by atoms with Crippen molar-refractivity contribution in [1.82, 2.24) is 0 Å². The molecule has 29 heavy (non-hydrogen) atoms. The topological polar surface area (TPSA) is 55.8 Å². The Balaban J connectivity index is 1.68. The average molecular weight is 408 g/mol. The van der Waals surface area contributed by atoms with Gasteiger partial charge < -0.3 is 9.47 Å². The van der Waals surface area contributed by atoms with Gasteiger partial charge in [-0.25, -0.2) is 4.79 Å². The van der Waals surface area contributed by atoms with Crippen molar-refractivity contribution in [3.63, 3.8) is 0 Å². The van der Waals surface area contributed by atoms with Gasteiger partial charge in [0.15, 0.2) is 0 Å². The summed E-state index contributed by atoms with van der Waals surface area (Å²) >= 11 is 6.13. The first-order valence-corrected chi connectivity index (χ1v) is 9.45. The summed E-state index contributed by atoms with van der Waals surface area (Å²) < 4.78 is 10.7. The Kier molecular flexibility index (Phi) is 5.23. The molecule has 1 amide bonds. The predicted octanol–water partition coefficient (Wildman–Crippen LogP) is 4.66. The molecule has 3 aromatic rings. The molecule has 1 fully saturated rings. The van der Waals surface area contributed by atoms with Crippen LogP contribution in [-0.2, 0) is 9.53 Å². The summed E-state index contributed by atoms with van der Waals surface area (Å²) in [4.78, 5) is 26.4. The number of β-lactam (4-membered cyclic amide) rings is 1. The lowest BCUT2D eigenvalue weighted by Gasteiger charge is -2.46. The molecule has 0 N–H and O–H groups in total. The van der Waals surface area contributed by atoms with Crippen molar-refractivity contribution < 1.29 is 19.1 Å². The number of hydrogen-bond acceptors (Lipinski definition) is 4. The van der Waals surface area contributed by atoms with Crippen molar-refractivity contribution in [2.45, 2.75) is 12.1 Å². The molecule has 0 aliphatic carbocycles. The number of carbonyl (C=O) groups is 2. The lowest BCUT2D eigenvalue weighted by atomic mass is 9.89. The summed E-state index contributed by atoms with van der Waals surface area (Å²) in [5.41, 5.74) is 1.98. The molecule has 146 valence electrons. The summed E-state index contributed by atoms with van der Waals surface area (Å²) in [5.74, 6) is 0.0518. The van der Waals surface area contributed by atoms with Crippen LogP contribution in [0.5, 0.6) is 5.75 Å². The number of halogens is 1. The van der Waals surface area contributed by atoms with Crippen LogP contribution in [0.25, 0.3) is 0 Å². The number of para-hydroxylation sites is 1. The number of ether oxygens (including phenoxy) is 2. The molecule has 0 saturated carbocycles. The zero-order chi connectivity index (χ0) is 20.4. The molecular weight excluding hydrogens is 390 g/mol. The van der Waals surface area contributed by atoms with Crippen molar-refractivity contribution in [2.75, 3.05) is 12.0 Å². The van der Waals surface area contributed by atoms with Crippen LogP contribution in [0, 0.1) is 0 Å². The molecule has 0 aromatic heterocycles. The van der Waals surface area contributed by atoms with Gasteiger partial charge in [0.2, 0.25) is 6.10 Å². The van der Waals surface area contributed by atoms with Crippen molar-refractivity contribution in [3.05, 3.63) is 95.0 Å². The molecule has 4 rings (SSSR count). The molecule has 1 aliphatic heterocycles. The second-order valence-corrected chi connectivity index (χ2v) is 7.03. The highest BCUT2D eigenvalue weighted by atomic mass is 35.5. The first-order chi connectivity index (χ1) is 14.1. The van der Waals surface area contributed by atoms with Crippen molar-refractivity contribution in [1.29, 1.82) is 0 Å². The van der Waals surface area contributed by atoms with Gasteiger partial charge in [0.05, 0.1) is 12.7 Å². The van der Waals surface area contributed by atoms with Crippen LogP contribution in [0.1, 0.15) is 22.0 Å². The summed E-state index contributed by atoms with van der Waals surface area (Å²) in [7, 11) is 1.34. The molecule has 0 radical (unpaired) electrons. The molecule has 1 heterocycles. The van der Waals surface area contributed by atoms with Crippen LogP contribution in [-0.4, -0.2) is 25.1 Å². The monoisotopic (exact) mass is 407 g/mol. The van der Waals surface area contributed by atoms with E-state index in [2.05, 4.69) is 0 Å². The molecule has 0 spiro atoms.